The van der Waals surface area contributed by atoms with Crippen molar-refractivity contribution in [3.05, 3.63) is 29.8 Å². The Morgan fingerprint density at radius 1 is 1.22 bits per heavy atom. The smallest absolute Gasteiger partial charge is 0.305 e. The van der Waals surface area contributed by atoms with Crippen LogP contribution < -0.4 is 5.32 Å². The third kappa shape index (κ3) is 4.78. The lowest BCUT2D eigenvalue weighted by molar-refractivity contribution is -0.140. The van der Waals surface area contributed by atoms with Crippen LogP contribution >= 0.6 is 0 Å². The molecule has 1 aromatic carbocycles. The van der Waals surface area contributed by atoms with E-state index in [9.17, 15) is 14.4 Å². The third-order valence-electron chi connectivity index (χ3n) is 2.34. The van der Waals surface area contributed by atoms with E-state index in [-0.39, 0.29) is 24.7 Å². The van der Waals surface area contributed by atoms with Gasteiger partial charge in [0.15, 0.2) is 0 Å². The topological polar surface area (TPSA) is 72.5 Å². The molecule has 0 heterocycles. The van der Waals surface area contributed by atoms with Crippen molar-refractivity contribution in [3.63, 3.8) is 0 Å². The Bertz CT molecular complexity index is 425. The zero-order valence-corrected chi connectivity index (χ0v) is 10.1. The zero-order valence-electron chi connectivity index (χ0n) is 10.1. The first-order valence-corrected chi connectivity index (χ1v) is 5.57. The molecule has 0 aromatic heterocycles. The van der Waals surface area contributed by atoms with E-state index in [1.807, 2.05) is 0 Å². The maximum absolute atomic E-state index is 11.5. The van der Waals surface area contributed by atoms with Crippen LogP contribution in [0.1, 0.15) is 29.6 Å². The summed E-state index contributed by atoms with van der Waals surface area (Å²) in [5.41, 5.74) is 1.18. The fraction of sp³-hybridized carbons (Fsp3) is 0.308. The SMILES string of the molecule is COC(=O)CCCC(=O)Nc1ccc(C=O)cc1. The van der Waals surface area contributed by atoms with Gasteiger partial charge >= 0.3 is 5.97 Å². The summed E-state index contributed by atoms with van der Waals surface area (Å²) in [4.78, 5) is 32.8. The first kappa shape index (κ1) is 13.9. The van der Waals surface area contributed by atoms with E-state index < -0.39 is 0 Å². The number of hydrogen-bond donors (Lipinski definition) is 1. The molecule has 0 aliphatic carbocycles. The Labute approximate surface area is 105 Å². The van der Waals surface area contributed by atoms with Crippen molar-refractivity contribution >= 4 is 23.9 Å². The van der Waals surface area contributed by atoms with E-state index >= 15 is 0 Å². The van der Waals surface area contributed by atoms with Crippen molar-refractivity contribution in [1.82, 2.24) is 0 Å². The van der Waals surface area contributed by atoms with E-state index in [0.717, 1.165) is 6.29 Å². The Balaban J connectivity index is 2.35. The summed E-state index contributed by atoms with van der Waals surface area (Å²) < 4.78 is 4.47. The molecule has 0 unspecified atom stereocenters. The van der Waals surface area contributed by atoms with Gasteiger partial charge in [0.05, 0.1) is 7.11 Å². The van der Waals surface area contributed by atoms with E-state index in [0.29, 0.717) is 17.7 Å². The maximum atomic E-state index is 11.5. The molecule has 5 nitrogen and oxygen atoms in total. The van der Waals surface area contributed by atoms with Crippen LogP contribution in [0.15, 0.2) is 24.3 Å². The number of aldehydes is 1. The number of ether oxygens (including phenoxy) is 1. The van der Waals surface area contributed by atoms with E-state index in [1.165, 1.54) is 7.11 Å². The Kier molecular flexibility index (Phi) is 5.57. The van der Waals surface area contributed by atoms with Gasteiger partial charge in [-0.15, -0.1) is 0 Å². The summed E-state index contributed by atoms with van der Waals surface area (Å²) in [6, 6.07) is 6.55. The molecule has 1 rings (SSSR count). The summed E-state index contributed by atoms with van der Waals surface area (Å²) in [5.74, 6) is -0.490. The van der Waals surface area contributed by atoms with Crippen LogP contribution in [0.25, 0.3) is 0 Å². The molecule has 1 aromatic rings. The quantitative estimate of drug-likeness (QED) is 0.616. The van der Waals surface area contributed by atoms with E-state index in [4.69, 9.17) is 0 Å². The number of carbonyl (C=O) groups excluding carboxylic acids is 3. The Morgan fingerprint density at radius 3 is 2.44 bits per heavy atom. The van der Waals surface area contributed by atoms with Crippen molar-refractivity contribution < 1.29 is 19.1 Å². The molecular formula is C13H15NO4. The van der Waals surface area contributed by atoms with Crippen molar-refractivity contribution in [2.45, 2.75) is 19.3 Å². The zero-order chi connectivity index (χ0) is 13.4. The molecule has 0 saturated carbocycles. The molecule has 0 fully saturated rings. The molecular weight excluding hydrogens is 234 g/mol. The van der Waals surface area contributed by atoms with Gasteiger partial charge in [0.2, 0.25) is 5.91 Å². The molecule has 0 radical (unpaired) electrons. The largest absolute Gasteiger partial charge is 0.469 e. The van der Waals surface area contributed by atoms with E-state index in [2.05, 4.69) is 10.1 Å². The summed E-state index contributed by atoms with van der Waals surface area (Å²) >= 11 is 0. The van der Waals surface area contributed by atoms with Crippen LogP contribution in [0.3, 0.4) is 0 Å². The van der Waals surface area contributed by atoms with Gasteiger partial charge in [0.25, 0.3) is 0 Å². The summed E-state index contributed by atoms with van der Waals surface area (Å²) in [6.07, 6.45) is 1.67. The monoisotopic (exact) mass is 249 g/mol. The normalized spacial score (nSPS) is 9.61. The van der Waals surface area contributed by atoms with Gasteiger partial charge < -0.3 is 10.1 Å². The number of nitrogens with one attached hydrogen (secondary N) is 1. The maximum Gasteiger partial charge on any atom is 0.305 e. The molecule has 0 atom stereocenters. The molecule has 18 heavy (non-hydrogen) atoms. The molecule has 0 aliphatic heterocycles. The Hall–Kier alpha value is -2.17. The number of anilines is 1. The second-order valence-electron chi connectivity index (χ2n) is 3.72. The summed E-state index contributed by atoms with van der Waals surface area (Å²) in [5, 5.41) is 2.68. The first-order chi connectivity index (χ1) is 8.65. The van der Waals surface area contributed by atoms with Gasteiger partial charge in [-0.05, 0) is 30.7 Å². The van der Waals surface area contributed by atoms with Gasteiger partial charge in [0, 0.05) is 24.1 Å². The first-order valence-electron chi connectivity index (χ1n) is 5.57. The highest BCUT2D eigenvalue weighted by atomic mass is 16.5. The average Bonchev–Trinajstić information content (AvgIpc) is 2.39. The van der Waals surface area contributed by atoms with Crippen LogP contribution in [-0.2, 0) is 14.3 Å². The van der Waals surface area contributed by atoms with Gasteiger partial charge in [-0.25, -0.2) is 0 Å². The number of carbonyl (C=O) groups is 3. The average molecular weight is 249 g/mol. The lowest BCUT2D eigenvalue weighted by Crippen LogP contribution is -2.12. The van der Waals surface area contributed by atoms with Gasteiger partial charge in [-0.2, -0.15) is 0 Å². The van der Waals surface area contributed by atoms with Crippen LogP contribution in [0.5, 0.6) is 0 Å². The second-order valence-corrected chi connectivity index (χ2v) is 3.72. The van der Waals surface area contributed by atoms with E-state index in [1.54, 1.807) is 24.3 Å². The molecule has 96 valence electrons. The molecule has 0 spiro atoms. The number of rotatable bonds is 6. The molecule has 1 N–H and O–H groups in total. The number of methoxy groups -OCH3 is 1. The minimum Gasteiger partial charge on any atom is -0.469 e. The summed E-state index contributed by atoms with van der Waals surface area (Å²) in [7, 11) is 1.32. The number of amides is 1. The predicted octanol–water partition coefficient (Wildman–Crippen LogP) is 1.78. The van der Waals surface area contributed by atoms with Gasteiger partial charge in [0.1, 0.15) is 6.29 Å². The van der Waals surface area contributed by atoms with Crippen molar-refractivity contribution in [1.29, 1.82) is 0 Å². The van der Waals surface area contributed by atoms with Gasteiger partial charge in [-0.1, -0.05) is 0 Å². The van der Waals surface area contributed by atoms with Crippen molar-refractivity contribution in [2.24, 2.45) is 0 Å². The van der Waals surface area contributed by atoms with Gasteiger partial charge in [-0.3, -0.25) is 14.4 Å². The minimum atomic E-state index is -0.321. The van der Waals surface area contributed by atoms with Crippen molar-refractivity contribution in [2.75, 3.05) is 12.4 Å². The highest BCUT2D eigenvalue weighted by Crippen LogP contribution is 2.09. The molecule has 0 saturated heterocycles. The highest BCUT2D eigenvalue weighted by Gasteiger charge is 2.05. The van der Waals surface area contributed by atoms with Crippen LogP contribution in [0, 0.1) is 0 Å². The standard InChI is InChI=1S/C13H15NO4/c1-18-13(17)4-2-3-12(16)14-11-7-5-10(9-15)6-8-11/h5-9H,2-4H2,1H3,(H,14,16). The predicted molar refractivity (Wildman–Crippen MR) is 66.3 cm³/mol. The Morgan fingerprint density at radius 2 is 1.89 bits per heavy atom. The van der Waals surface area contributed by atoms with Crippen LogP contribution in [-0.4, -0.2) is 25.3 Å². The molecule has 0 aliphatic rings. The summed E-state index contributed by atoms with van der Waals surface area (Å²) in [6.45, 7) is 0. The van der Waals surface area contributed by atoms with Crippen molar-refractivity contribution in [3.8, 4) is 0 Å². The fourth-order valence-electron chi connectivity index (χ4n) is 1.36. The lowest BCUT2D eigenvalue weighted by Gasteiger charge is -2.04. The molecule has 1 amide bonds. The molecule has 5 heteroatoms. The highest BCUT2D eigenvalue weighted by molar-refractivity contribution is 5.91. The number of benzene rings is 1. The van der Waals surface area contributed by atoms with Crippen LogP contribution in [0.2, 0.25) is 0 Å². The third-order valence-corrected chi connectivity index (χ3v) is 2.34. The minimum absolute atomic E-state index is 0.169. The molecule has 0 bridgehead atoms. The lowest BCUT2D eigenvalue weighted by atomic mass is 10.2. The van der Waals surface area contributed by atoms with Crippen LogP contribution in [0.4, 0.5) is 5.69 Å². The fourth-order valence-corrected chi connectivity index (χ4v) is 1.36. The number of hydrogen-bond acceptors (Lipinski definition) is 4. The second kappa shape index (κ2) is 7.21. The number of esters is 1.